The van der Waals surface area contributed by atoms with Crippen molar-refractivity contribution in [2.75, 3.05) is 12.4 Å². The zero-order chi connectivity index (χ0) is 16.8. The lowest BCUT2D eigenvalue weighted by molar-refractivity contribution is 0.193. The van der Waals surface area contributed by atoms with Gasteiger partial charge in [-0.15, -0.1) is 0 Å². The summed E-state index contributed by atoms with van der Waals surface area (Å²) in [6.45, 7) is 4.53. The van der Waals surface area contributed by atoms with Gasteiger partial charge < -0.3 is 15.0 Å². The summed E-state index contributed by atoms with van der Waals surface area (Å²) in [5.41, 5.74) is 1.73. The van der Waals surface area contributed by atoms with E-state index < -0.39 is 0 Å². The van der Waals surface area contributed by atoms with Gasteiger partial charge in [-0.3, -0.25) is 0 Å². The summed E-state index contributed by atoms with van der Waals surface area (Å²) in [7, 11) is 1.56. The topological polar surface area (TPSA) is 41.6 Å². The molecule has 0 aliphatic heterocycles. The lowest BCUT2D eigenvalue weighted by Crippen LogP contribution is -2.39. The van der Waals surface area contributed by atoms with Crippen LogP contribution in [0.3, 0.4) is 0 Å². The van der Waals surface area contributed by atoms with Crippen LogP contribution >= 0.6 is 11.6 Å². The van der Waals surface area contributed by atoms with Gasteiger partial charge >= 0.3 is 6.03 Å². The largest absolute Gasteiger partial charge is 0.495 e. The molecule has 0 aliphatic carbocycles. The van der Waals surface area contributed by atoms with Crippen molar-refractivity contribution >= 4 is 23.3 Å². The van der Waals surface area contributed by atoms with Gasteiger partial charge in [0, 0.05) is 18.3 Å². The first-order valence-corrected chi connectivity index (χ1v) is 7.84. The number of hydrogen-bond donors (Lipinski definition) is 1. The summed E-state index contributed by atoms with van der Waals surface area (Å²) in [6, 6.07) is 15.0. The molecule has 0 radical (unpaired) electrons. The van der Waals surface area contributed by atoms with Crippen molar-refractivity contribution in [2.45, 2.75) is 26.4 Å². The molecule has 0 heterocycles. The summed E-state index contributed by atoms with van der Waals surface area (Å²) in [6.07, 6.45) is 0. The Hall–Kier alpha value is -2.20. The molecule has 5 heteroatoms. The predicted octanol–water partition coefficient (Wildman–Crippen LogP) is 4.79. The van der Waals surface area contributed by atoms with E-state index in [1.54, 1.807) is 30.2 Å². The summed E-state index contributed by atoms with van der Waals surface area (Å²) in [4.78, 5) is 14.3. The first-order chi connectivity index (χ1) is 11.0. The molecular formula is C18H21ClN2O2. The van der Waals surface area contributed by atoms with Crippen molar-refractivity contribution < 1.29 is 9.53 Å². The van der Waals surface area contributed by atoms with E-state index in [1.807, 2.05) is 44.2 Å². The number of carbonyl (C=O) groups is 1. The second-order valence-corrected chi connectivity index (χ2v) is 5.89. The Labute approximate surface area is 142 Å². The van der Waals surface area contributed by atoms with E-state index in [0.29, 0.717) is 23.0 Å². The van der Waals surface area contributed by atoms with Crippen molar-refractivity contribution in [3.05, 3.63) is 59.1 Å². The molecular weight excluding hydrogens is 312 g/mol. The molecule has 0 atom stereocenters. The van der Waals surface area contributed by atoms with E-state index in [0.717, 1.165) is 5.56 Å². The number of urea groups is 1. The molecule has 0 unspecified atom stereocenters. The Morgan fingerprint density at radius 2 is 1.91 bits per heavy atom. The van der Waals surface area contributed by atoms with Gasteiger partial charge in [0.25, 0.3) is 0 Å². The van der Waals surface area contributed by atoms with Crippen LogP contribution in [-0.4, -0.2) is 24.1 Å². The number of methoxy groups -OCH3 is 1. The standard InChI is InChI=1S/C18H21ClN2O2/c1-13(2)21(12-14-7-5-4-6-8-14)18(22)20-15-9-10-17(23-3)16(19)11-15/h4-11,13H,12H2,1-3H3,(H,20,22). The predicted molar refractivity (Wildman–Crippen MR) is 94.1 cm³/mol. The molecule has 0 fully saturated rings. The van der Waals surface area contributed by atoms with Crippen LogP contribution in [0.15, 0.2) is 48.5 Å². The summed E-state index contributed by atoms with van der Waals surface area (Å²) in [5.74, 6) is 0.578. The van der Waals surface area contributed by atoms with Gasteiger partial charge in [0.15, 0.2) is 0 Å². The van der Waals surface area contributed by atoms with E-state index in [2.05, 4.69) is 5.32 Å². The van der Waals surface area contributed by atoms with Crippen LogP contribution in [0.25, 0.3) is 0 Å². The van der Waals surface area contributed by atoms with Crippen LogP contribution in [-0.2, 0) is 6.54 Å². The van der Waals surface area contributed by atoms with Crippen LogP contribution in [0.5, 0.6) is 5.75 Å². The molecule has 2 amide bonds. The first-order valence-electron chi connectivity index (χ1n) is 7.46. The average Bonchev–Trinajstić information content (AvgIpc) is 2.53. The molecule has 0 bridgehead atoms. The Balaban J connectivity index is 2.11. The maximum atomic E-state index is 12.6. The smallest absolute Gasteiger partial charge is 0.322 e. The summed E-state index contributed by atoms with van der Waals surface area (Å²) >= 11 is 6.09. The maximum absolute atomic E-state index is 12.6. The fourth-order valence-electron chi connectivity index (χ4n) is 2.21. The Bertz CT molecular complexity index is 659. The zero-order valence-corrected chi connectivity index (χ0v) is 14.3. The molecule has 2 aromatic carbocycles. The number of benzene rings is 2. The fraction of sp³-hybridized carbons (Fsp3) is 0.278. The van der Waals surface area contributed by atoms with E-state index in [1.165, 1.54) is 0 Å². The molecule has 0 aromatic heterocycles. The third-order valence-corrected chi connectivity index (χ3v) is 3.78. The van der Waals surface area contributed by atoms with Crippen molar-refractivity contribution in [2.24, 2.45) is 0 Å². The van der Waals surface area contributed by atoms with Crippen molar-refractivity contribution in [3.8, 4) is 5.75 Å². The van der Waals surface area contributed by atoms with E-state index in [9.17, 15) is 4.79 Å². The van der Waals surface area contributed by atoms with E-state index >= 15 is 0 Å². The second kappa shape index (κ2) is 7.88. The molecule has 1 N–H and O–H groups in total. The van der Waals surface area contributed by atoms with Crippen molar-refractivity contribution in [1.82, 2.24) is 4.90 Å². The van der Waals surface area contributed by atoms with Gasteiger partial charge in [-0.2, -0.15) is 0 Å². The number of hydrogen-bond acceptors (Lipinski definition) is 2. The van der Waals surface area contributed by atoms with Gasteiger partial charge in [-0.25, -0.2) is 4.79 Å². The molecule has 23 heavy (non-hydrogen) atoms. The lowest BCUT2D eigenvalue weighted by Gasteiger charge is -2.27. The van der Waals surface area contributed by atoms with Crippen LogP contribution < -0.4 is 10.1 Å². The minimum Gasteiger partial charge on any atom is -0.495 e. The number of carbonyl (C=O) groups excluding carboxylic acids is 1. The SMILES string of the molecule is COc1ccc(NC(=O)N(Cc2ccccc2)C(C)C)cc1Cl. The van der Waals surface area contributed by atoms with Gasteiger partial charge in [0.1, 0.15) is 5.75 Å². The number of rotatable bonds is 5. The number of ether oxygens (including phenoxy) is 1. The quantitative estimate of drug-likeness (QED) is 0.855. The minimum absolute atomic E-state index is 0.0731. The summed E-state index contributed by atoms with van der Waals surface area (Å²) < 4.78 is 5.11. The van der Waals surface area contributed by atoms with Crippen LogP contribution in [0, 0.1) is 0 Å². The number of anilines is 1. The van der Waals surface area contributed by atoms with Crippen LogP contribution in [0.1, 0.15) is 19.4 Å². The van der Waals surface area contributed by atoms with Crippen molar-refractivity contribution in [1.29, 1.82) is 0 Å². The van der Waals surface area contributed by atoms with Crippen LogP contribution in [0.2, 0.25) is 5.02 Å². The molecule has 0 saturated carbocycles. The van der Waals surface area contributed by atoms with Gasteiger partial charge in [-0.1, -0.05) is 41.9 Å². The highest BCUT2D eigenvalue weighted by Gasteiger charge is 2.17. The zero-order valence-electron chi connectivity index (χ0n) is 13.5. The number of nitrogens with zero attached hydrogens (tertiary/aromatic N) is 1. The normalized spacial score (nSPS) is 10.5. The van der Waals surface area contributed by atoms with E-state index in [4.69, 9.17) is 16.3 Å². The molecule has 0 aliphatic rings. The highest BCUT2D eigenvalue weighted by molar-refractivity contribution is 6.32. The second-order valence-electron chi connectivity index (χ2n) is 5.49. The highest BCUT2D eigenvalue weighted by Crippen LogP contribution is 2.27. The minimum atomic E-state index is -0.162. The Morgan fingerprint density at radius 3 is 2.48 bits per heavy atom. The monoisotopic (exact) mass is 332 g/mol. The Morgan fingerprint density at radius 1 is 1.22 bits per heavy atom. The van der Waals surface area contributed by atoms with Crippen LogP contribution in [0.4, 0.5) is 10.5 Å². The molecule has 4 nitrogen and oxygen atoms in total. The maximum Gasteiger partial charge on any atom is 0.322 e. The molecule has 0 spiro atoms. The number of amides is 2. The van der Waals surface area contributed by atoms with Crippen molar-refractivity contribution in [3.63, 3.8) is 0 Å². The first kappa shape index (κ1) is 17.2. The molecule has 2 rings (SSSR count). The number of halogens is 1. The van der Waals surface area contributed by atoms with Gasteiger partial charge in [0.05, 0.1) is 12.1 Å². The molecule has 2 aromatic rings. The van der Waals surface area contributed by atoms with E-state index in [-0.39, 0.29) is 12.1 Å². The third kappa shape index (κ3) is 4.63. The third-order valence-electron chi connectivity index (χ3n) is 3.48. The molecule has 0 saturated heterocycles. The highest BCUT2D eigenvalue weighted by atomic mass is 35.5. The van der Waals surface area contributed by atoms with Gasteiger partial charge in [0.2, 0.25) is 0 Å². The number of nitrogens with one attached hydrogen (secondary N) is 1. The fourth-order valence-corrected chi connectivity index (χ4v) is 2.47. The van der Waals surface area contributed by atoms with Gasteiger partial charge in [-0.05, 0) is 37.6 Å². The lowest BCUT2D eigenvalue weighted by atomic mass is 10.2. The summed E-state index contributed by atoms with van der Waals surface area (Å²) in [5, 5.41) is 3.35. The average molecular weight is 333 g/mol. The Kier molecular flexibility index (Phi) is 5.88. The molecule has 122 valence electrons.